The van der Waals surface area contributed by atoms with Crippen molar-refractivity contribution >= 4 is 5.97 Å². The molecule has 2 atom stereocenters. The molecule has 1 aliphatic heterocycles. The van der Waals surface area contributed by atoms with E-state index in [1.807, 2.05) is 0 Å². The molecule has 2 fully saturated rings. The Morgan fingerprint density at radius 1 is 1.78 bits per heavy atom. The van der Waals surface area contributed by atoms with E-state index in [9.17, 15) is 4.79 Å². The van der Waals surface area contributed by atoms with Gasteiger partial charge in [0.2, 0.25) is 0 Å². The van der Waals surface area contributed by atoms with Gasteiger partial charge in [0.1, 0.15) is 5.54 Å². The molecule has 0 radical (unpaired) electrons. The Labute approximate surface area is 53.1 Å². The second kappa shape index (κ2) is 1.29. The van der Waals surface area contributed by atoms with Crippen LogP contribution in [-0.2, 0) is 4.79 Å². The third kappa shape index (κ3) is 0.477. The molecular weight excluding hydrogens is 118 g/mol. The third-order valence-corrected chi connectivity index (χ3v) is 2.42. The number of aliphatic carboxylic acids is 1. The number of fused-ring (bicyclic) bond motifs is 1. The van der Waals surface area contributed by atoms with Crippen LogP contribution in [0.15, 0.2) is 0 Å². The average Bonchev–Trinajstić information content (AvgIpc) is 2.38. The number of piperidine rings is 1. The van der Waals surface area contributed by atoms with Gasteiger partial charge in [-0.3, -0.25) is 4.79 Å². The summed E-state index contributed by atoms with van der Waals surface area (Å²) in [5.74, 6) is -0.222. The van der Waals surface area contributed by atoms with Gasteiger partial charge >= 0.3 is 5.97 Å². The fraction of sp³-hybridized carbons (Fsp3) is 0.833. The predicted molar refractivity (Wildman–Crippen MR) is 31.1 cm³/mol. The van der Waals surface area contributed by atoms with E-state index >= 15 is 0 Å². The van der Waals surface area contributed by atoms with E-state index in [1.165, 1.54) is 0 Å². The summed E-state index contributed by atoms with van der Waals surface area (Å²) in [4.78, 5) is 10.5. The molecule has 0 bridgehead atoms. The summed E-state index contributed by atoms with van der Waals surface area (Å²) in [6, 6.07) is 0. The van der Waals surface area contributed by atoms with Gasteiger partial charge in [0.25, 0.3) is 0 Å². The molecular formula is C6H9NO2. The largest absolute Gasteiger partial charge is 0.480 e. The predicted octanol–water partition coefficient (Wildman–Crippen LogP) is -0.177. The van der Waals surface area contributed by atoms with E-state index in [4.69, 9.17) is 5.11 Å². The summed E-state index contributed by atoms with van der Waals surface area (Å²) < 4.78 is 0. The van der Waals surface area contributed by atoms with Crippen molar-refractivity contribution in [1.82, 2.24) is 5.32 Å². The smallest absolute Gasteiger partial charge is 0.324 e. The Morgan fingerprint density at radius 3 is 2.78 bits per heavy atom. The first kappa shape index (κ1) is 5.23. The number of rotatable bonds is 1. The highest BCUT2D eigenvalue weighted by atomic mass is 16.4. The zero-order valence-electron chi connectivity index (χ0n) is 5.05. The fourth-order valence-corrected chi connectivity index (χ4v) is 1.70. The topological polar surface area (TPSA) is 49.3 Å². The van der Waals surface area contributed by atoms with E-state index in [0.717, 1.165) is 19.4 Å². The van der Waals surface area contributed by atoms with Crippen molar-refractivity contribution in [2.75, 3.05) is 6.54 Å². The molecule has 0 aromatic carbocycles. The number of carbonyl (C=O) groups is 1. The van der Waals surface area contributed by atoms with Crippen molar-refractivity contribution in [1.29, 1.82) is 0 Å². The first-order valence-corrected chi connectivity index (χ1v) is 3.24. The zero-order chi connectivity index (χ0) is 6.48. The summed E-state index contributed by atoms with van der Waals surface area (Å²) in [5.41, 5.74) is -0.472. The molecule has 0 unspecified atom stereocenters. The standard InChI is InChI=1S/C6H9NO2/c8-5(9)6-3-4(6)1-2-7-6/h4,7H,1-3H2,(H,8,9)/t4-,6-/m1/s1. The van der Waals surface area contributed by atoms with E-state index in [1.54, 1.807) is 0 Å². The Kier molecular flexibility index (Phi) is 0.750. The van der Waals surface area contributed by atoms with Crippen molar-refractivity contribution < 1.29 is 9.90 Å². The highest BCUT2D eigenvalue weighted by molar-refractivity contribution is 5.83. The minimum Gasteiger partial charge on any atom is -0.480 e. The highest BCUT2D eigenvalue weighted by Crippen LogP contribution is 2.49. The van der Waals surface area contributed by atoms with Gasteiger partial charge in [-0.05, 0) is 25.3 Å². The molecule has 2 aliphatic rings. The van der Waals surface area contributed by atoms with Gasteiger partial charge < -0.3 is 10.4 Å². The van der Waals surface area contributed by atoms with E-state index in [-0.39, 0.29) is 0 Å². The molecule has 1 saturated carbocycles. The minimum atomic E-state index is -0.662. The van der Waals surface area contributed by atoms with Crippen LogP contribution < -0.4 is 5.32 Å². The second-order valence-corrected chi connectivity index (χ2v) is 2.89. The van der Waals surface area contributed by atoms with E-state index < -0.39 is 11.5 Å². The first-order valence-electron chi connectivity index (χ1n) is 3.24. The quantitative estimate of drug-likeness (QED) is 0.514. The maximum absolute atomic E-state index is 10.5. The number of hydrogen-bond acceptors (Lipinski definition) is 2. The zero-order valence-corrected chi connectivity index (χ0v) is 5.05. The van der Waals surface area contributed by atoms with Crippen LogP contribution in [0.5, 0.6) is 0 Å². The normalized spacial score (nSPS) is 46.4. The van der Waals surface area contributed by atoms with Gasteiger partial charge in [0, 0.05) is 0 Å². The van der Waals surface area contributed by atoms with E-state index in [0.29, 0.717) is 5.92 Å². The molecule has 50 valence electrons. The first-order chi connectivity index (χ1) is 4.26. The molecule has 0 amide bonds. The Bertz CT molecular complexity index is 168. The molecule has 1 heterocycles. The minimum absolute atomic E-state index is 0.440. The molecule has 2 N–H and O–H groups in total. The lowest BCUT2D eigenvalue weighted by molar-refractivity contribution is -0.140. The van der Waals surface area contributed by atoms with Gasteiger partial charge in [0.05, 0.1) is 0 Å². The van der Waals surface area contributed by atoms with Crippen LogP contribution >= 0.6 is 0 Å². The molecule has 1 aliphatic carbocycles. The molecule has 3 nitrogen and oxygen atoms in total. The summed E-state index contributed by atoms with van der Waals surface area (Å²) in [7, 11) is 0. The van der Waals surface area contributed by atoms with E-state index in [2.05, 4.69) is 5.32 Å². The molecule has 3 heteroatoms. The highest BCUT2D eigenvalue weighted by Gasteiger charge is 2.62. The van der Waals surface area contributed by atoms with Crippen molar-refractivity contribution in [2.24, 2.45) is 5.92 Å². The van der Waals surface area contributed by atoms with Gasteiger partial charge in [-0.15, -0.1) is 0 Å². The van der Waals surface area contributed by atoms with Crippen LogP contribution in [0.3, 0.4) is 0 Å². The summed E-state index contributed by atoms with van der Waals surface area (Å²) in [6.45, 7) is 0.886. The SMILES string of the molecule is O=C(O)[C@@]12C[C@H]1CCN2. The van der Waals surface area contributed by atoms with Gasteiger partial charge in [-0.2, -0.15) is 0 Å². The Morgan fingerprint density at radius 2 is 2.56 bits per heavy atom. The van der Waals surface area contributed by atoms with Crippen LogP contribution in [0.2, 0.25) is 0 Å². The molecule has 0 spiro atoms. The molecule has 0 aromatic heterocycles. The summed E-state index contributed by atoms with van der Waals surface area (Å²) >= 11 is 0. The Hall–Kier alpha value is -0.570. The molecule has 9 heavy (non-hydrogen) atoms. The van der Waals surface area contributed by atoms with Crippen LogP contribution in [0.25, 0.3) is 0 Å². The van der Waals surface area contributed by atoms with Crippen LogP contribution in [0, 0.1) is 5.92 Å². The Balaban J connectivity index is 2.19. The lowest BCUT2D eigenvalue weighted by Gasteiger charge is -2.04. The number of hydrogen-bond donors (Lipinski definition) is 2. The van der Waals surface area contributed by atoms with Crippen molar-refractivity contribution in [3.8, 4) is 0 Å². The summed E-state index contributed by atoms with van der Waals surface area (Å²) in [6.07, 6.45) is 1.90. The molecule has 1 saturated heterocycles. The summed E-state index contributed by atoms with van der Waals surface area (Å²) in [5, 5.41) is 11.7. The lowest BCUT2D eigenvalue weighted by atomic mass is 10.2. The van der Waals surface area contributed by atoms with Gasteiger partial charge in [-0.1, -0.05) is 0 Å². The second-order valence-electron chi connectivity index (χ2n) is 2.89. The lowest BCUT2D eigenvalue weighted by Crippen LogP contribution is -2.36. The monoisotopic (exact) mass is 127 g/mol. The van der Waals surface area contributed by atoms with Crippen molar-refractivity contribution in [3.63, 3.8) is 0 Å². The van der Waals surface area contributed by atoms with Crippen LogP contribution in [0.4, 0.5) is 0 Å². The maximum Gasteiger partial charge on any atom is 0.324 e. The molecule has 0 aromatic rings. The van der Waals surface area contributed by atoms with Gasteiger partial charge in [0.15, 0.2) is 0 Å². The van der Waals surface area contributed by atoms with Crippen LogP contribution in [0.1, 0.15) is 12.8 Å². The third-order valence-electron chi connectivity index (χ3n) is 2.42. The number of carboxylic acid groups (broad SMARTS) is 1. The average molecular weight is 127 g/mol. The van der Waals surface area contributed by atoms with Crippen molar-refractivity contribution in [3.05, 3.63) is 0 Å². The van der Waals surface area contributed by atoms with Crippen molar-refractivity contribution in [2.45, 2.75) is 18.4 Å². The fourth-order valence-electron chi connectivity index (χ4n) is 1.70. The van der Waals surface area contributed by atoms with Gasteiger partial charge in [-0.25, -0.2) is 0 Å². The number of carboxylic acids is 1. The van der Waals surface area contributed by atoms with Crippen LogP contribution in [-0.4, -0.2) is 23.2 Å². The maximum atomic E-state index is 10.5. The molecule has 2 rings (SSSR count). The number of nitrogens with one attached hydrogen (secondary N) is 1.